The first-order valence-corrected chi connectivity index (χ1v) is 6.74. The van der Waals surface area contributed by atoms with E-state index in [2.05, 4.69) is 26.2 Å². The quantitative estimate of drug-likeness (QED) is 0.764. The third-order valence-electron chi connectivity index (χ3n) is 2.53. The van der Waals surface area contributed by atoms with Gasteiger partial charge in [-0.25, -0.2) is 4.98 Å². The number of hydrogen-bond donors (Lipinski definition) is 1. The van der Waals surface area contributed by atoms with Crippen LogP contribution in [0.2, 0.25) is 5.02 Å². The first kappa shape index (κ1) is 15.8. The van der Waals surface area contributed by atoms with E-state index in [-0.39, 0.29) is 10.7 Å². The van der Waals surface area contributed by atoms with Gasteiger partial charge < -0.3 is 5.32 Å². The van der Waals surface area contributed by atoms with Crippen LogP contribution in [0.15, 0.2) is 41.1 Å². The minimum absolute atomic E-state index is 0.0996. The van der Waals surface area contributed by atoms with Gasteiger partial charge in [0.2, 0.25) is 0 Å². The van der Waals surface area contributed by atoms with Crippen molar-refractivity contribution >= 4 is 39.1 Å². The molecule has 1 N–H and O–H groups in total. The monoisotopic (exact) mass is 378 g/mol. The second-order valence-corrected chi connectivity index (χ2v) is 5.23. The molecule has 3 nitrogen and oxygen atoms in total. The number of nitrogens with one attached hydrogen (secondary N) is 1. The molecule has 0 aliphatic heterocycles. The Morgan fingerprint density at radius 3 is 2.52 bits per heavy atom. The molecule has 1 aromatic heterocycles. The van der Waals surface area contributed by atoms with Crippen LogP contribution >= 0.6 is 27.5 Å². The molecule has 0 saturated heterocycles. The van der Waals surface area contributed by atoms with Crippen molar-refractivity contribution in [3.63, 3.8) is 0 Å². The topological polar surface area (TPSA) is 42.0 Å². The maximum absolute atomic E-state index is 12.5. The highest BCUT2D eigenvalue weighted by molar-refractivity contribution is 9.10. The smallest absolute Gasteiger partial charge is 0.321 e. The van der Waals surface area contributed by atoms with Crippen LogP contribution < -0.4 is 5.32 Å². The molecule has 0 unspecified atom stereocenters. The molecule has 8 heteroatoms. The standard InChI is InChI=1S/C13H7BrClF3N2O/c14-11-5-7(3-4-19-11)12(21)20-10-2-1-8(6-9(10)15)13(16,17)18/h1-6H,(H,20,21). The van der Waals surface area contributed by atoms with Gasteiger partial charge in [0.25, 0.3) is 5.91 Å². The van der Waals surface area contributed by atoms with Crippen LogP contribution in [0.25, 0.3) is 0 Å². The number of amides is 1. The summed E-state index contributed by atoms with van der Waals surface area (Å²) in [5.41, 5.74) is -0.479. The molecule has 0 saturated carbocycles. The second-order valence-electron chi connectivity index (χ2n) is 4.01. The highest BCUT2D eigenvalue weighted by Gasteiger charge is 2.31. The number of nitrogens with zero attached hydrogens (tertiary/aromatic N) is 1. The normalized spacial score (nSPS) is 11.3. The Balaban J connectivity index is 2.22. The van der Waals surface area contributed by atoms with Crippen molar-refractivity contribution in [1.29, 1.82) is 0 Å². The molecule has 1 heterocycles. The number of halogens is 5. The minimum Gasteiger partial charge on any atom is -0.321 e. The second kappa shape index (κ2) is 6.03. The molecular formula is C13H7BrClF3N2O. The first-order chi connectivity index (χ1) is 9.77. The van der Waals surface area contributed by atoms with Crippen molar-refractivity contribution in [3.8, 4) is 0 Å². The van der Waals surface area contributed by atoms with Gasteiger partial charge in [-0.3, -0.25) is 4.79 Å². The number of pyridine rings is 1. The molecule has 1 amide bonds. The van der Waals surface area contributed by atoms with Crippen molar-refractivity contribution in [2.75, 3.05) is 5.32 Å². The number of carbonyl (C=O) groups is 1. The van der Waals surface area contributed by atoms with Gasteiger partial charge in [0, 0.05) is 11.8 Å². The molecule has 0 atom stereocenters. The Bertz CT molecular complexity index is 691. The number of carbonyl (C=O) groups excluding carboxylic acids is 1. The van der Waals surface area contributed by atoms with Crippen LogP contribution in [0.4, 0.5) is 18.9 Å². The van der Waals surface area contributed by atoms with Gasteiger partial charge in [0.05, 0.1) is 16.3 Å². The van der Waals surface area contributed by atoms with Crippen LogP contribution in [0, 0.1) is 0 Å². The number of rotatable bonds is 2. The molecule has 21 heavy (non-hydrogen) atoms. The van der Waals surface area contributed by atoms with Gasteiger partial charge in [-0.15, -0.1) is 0 Å². The average Bonchev–Trinajstić information content (AvgIpc) is 2.39. The van der Waals surface area contributed by atoms with Crippen LogP contribution in [-0.4, -0.2) is 10.9 Å². The lowest BCUT2D eigenvalue weighted by atomic mass is 10.2. The molecular weight excluding hydrogens is 373 g/mol. The SMILES string of the molecule is O=C(Nc1ccc(C(F)(F)F)cc1Cl)c1ccnc(Br)c1. The summed E-state index contributed by atoms with van der Waals surface area (Å²) >= 11 is 8.88. The van der Waals surface area contributed by atoms with Gasteiger partial charge in [-0.2, -0.15) is 13.2 Å². The van der Waals surface area contributed by atoms with Crippen molar-refractivity contribution in [2.45, 2.75) is 6.18 Å². The molecule has 0 bridgehead atoms. The van der Waals surface area contributed by atoms with Gasteiger partial charge in [0.1, 0.15) is 4.60 Å². The number of alkyl halides is 3. The summed E-state index contributed by atoms with van der Waals surface area (Å²) in [6.45, 7) is 0. The van der Waals surface area contributed by atoms with Crippen LogP contribution in [-0.2, 0) is 6.18 Å². The summed E-state index contributed by atoms with van der Waals surface area (Å²) in [4.78, 5) is 15.8. The molecule has 0 spiro atoms. The van der Waals surface area contributed by atoms with E-state index in [1.165, 1.54) is 18.3 Å². The molecule has 0 radical (unpaired) electrons. The molecule has 2 aromatic rings. The predicted molar refractivity (Wildman–Crippen MR) is 76.3 cm³/mol. The fraction of sp³-hybridized carbons (Fsp3) is 0.0769. The Morgan fingerprint density at radius 2 is 1.95 bits per heavy atom. The van der Waals surface area contributed by atoms with Crippen molar-refractivity contribution in [1.82, 2.24) is 4.98 Å². The number of benzene rings is 1. The van der Waals surface area contributed by atoms with Crippen LogP contribution in [0.1, 0.15) is 15.9 Å². The van der Waals surface area contributed by atoms with Crippen LogP contribution in [0.5, 0.6) is 0 Å². The Labute approximate surface area is 131 Å². The summed E-state index contributed by atoms with van der Waals surface area (Å²) < 4.78 is 38.0. The summed E-state index contributed by atoms with van der Waals surface area (Å²) in [7, 11) is 0. The van der Waals surface area contributed by atoms with E-state index in [9.17, 15) is 18.0 Å². The lowest BCUT2D eigenvalue weighted by Gasteiger charge is -2.11. The Morgan fingerprint density at radius 1 is 1.24 bits per heavy atom. The van der Waals surface area contributed by atoms with E-state index in [0.29, 0.717) is 10.2 Å². The summed E-state index contributed by atoms with van der Waals surface area (Å²) in [6, 6.07) is 5.67. The van der Waals surface area contributed by atoms with E-state index >= 15 is 0 Å². The number of anilines is 1. The van der Waals surface area contributed by atoms with E-state index in [0.717, 1.165) is 18.2 Å². The first-order valence-electron chi connectivity index (χ1n) is 5.57. The van der Waals surface area contributed by atoms with E-state index in [4.69, 9.17) is 11.6 Å². The predicted octanol–water partition coefficient (Wildman–Crippen LogP) is 4.77. The zero-order valence-corrected chi connectivity index (χ0v) is 12.6. The summed E-state index contributed by atoms with van der Waals surface area (Å²) in [5, 5.41) is 2.26. The van der Waals surface area contributed by atoms with Crippen molar-refractivity contribution in [2.24, 2.45) is 0 Å². The Hall–Kier alpha value is -1.60. The van der Waals surface area contributed by atoms with E-state index in [1.54, 1.807) is 0 Å². The third-order valence-corrected chi connectivity index (χ3v) is 3.28. The summed E-state index contributed by atoms with van der Waals surface area (Å²) in [6.07, 6.45) is -3.06. The number of hydrogen-bond acceptors (Lipinski definition) is 2. The highest BCUT2D eigenvalue weighted by atomic mass is 79.9. The molecule has 0 aliphatic carbocycles. The fourth-order valence-electron chi connectivity index (χ4n) is 1.53. The lowest BCUT2D eigenvalue weighted by Crippen LogP contribution is -2.13. The van der Waals surface area contributed by atoms with Gasteiger partial charge in [0.15, 0.2) is 0 Å². The number of aromatic nitrogens is 1. The summed E-state index contributed by atoms with van der Waals surface area (Å²) in [5.74, 6) is -0.500. The van der Waals surface area contributed by atoms with E-state index in [1.807, 2.05) is 0 Å². The molecule has 1 aromatic carbocycles. The van der Waals surface area contributed by atoms with E-state index < -0.39 is 17.6 Å². The third kappa shape index (κ3) is 3.95. The van der Waals surface area contributed by atoms with Gasteiger partial charge in [-0.05, 0) is 46.3 Å². The fourth-order valence-corrected chi connectivity index (χ4v) is 2.12. The maximum atomic E-state index is 12.5. The van der Waals surface area contributed by atoms with Gasteiger partial charge in [-0.1, -0.05) is 11.6 Å². The van der Waals surface area contributed by atoms with Crippen molar-refractivity contribution < 1.29 is 18.0 Å². The zero-order valence-electron chi connectivity index (χ0n) is 10.2. The maximum Gasteiger partial charge on any atom is 0.416 e. The largest absolute Gasteiger partial charge is 0.416 e. The van der Waals surface area contributed by atoms with Gasteiger partial charge >= 0.3 is 6.18 Å². The molecule has 0 aliphatic rings. The molecule has 0 fully saturated rings. The highest BCUT2D eigenvalue weighted by Crippen LogP contribution is 2.33. The lowest BCUT2D eigenvalue weighted by molar-refractivity contribution is -0.137. The van der Waals surface area contributed by atoms with Crippen molar-refractivity contribution in [3.05, 3.63) is 57.3 Å². The van der Waals surface area contributed by atoms with Crippen LogP contribution in [0.3, 0.4) is 0 Å². The zero-order chi connectivity index (χ0) is 15.6. The Kier molecular flexibility index (Phi) is 4.53. The molecule has 2 rings (SSSR count). The minimum atomic E-state index is -4.48. The molecule has 110 valence electrons. The average molecular weight is 380 g/mol.